The summed E-state index contributed by atoms with van der Waals surface area (Å²) in [4.78, 5) is 24.8. The van der Waals surface area contributed by atoms with E-state index in [2.05, 4.69) is 79.9 Å². The van der Waals surface area contributed by atoms with Crippen LogP contribution < -0.4 is 10.6 Å². The van der Waals surface area contributed by atoms with Gasteiger partial charge in [0.1, 0.15) is 6.10 Å². The van der Waals surface area contributed by atoms with E-state index >= 15 is 0 Å². The zero-order valence-electron chi connectivity index (χ0n) is 19.3. The van der Waals surface area contributed by atoms with Crippen molar-refractivity contribution in [3.8, 4) is 0 Å². The van der Waals surface area contributed by atoms with Gasteiger partial charge in [0.05, 0.1) is 6.42 Å². The summed E-state index contributed by atoms with van der Waals surface area (Å²) < 4.78 is 0. The van der Waals surface area contributed by atoms with E-state index < -0.39 is 12.0 Å². The van der Waals surface area contributed by atoms with Gasteiger partial charge in [0.25, 0.3) is 0 Å². The molecule has 0 aliphatic heterocycles. The molecule has 0 rings (SSSR count). The first-order valence-corrected chi connectivity index (χ1v) is 10.2. The third kappa shape index (κ3) is 10.7. The van der Waals surface area contributed by atoms with Crippen LogP contribution in [0.2, 0.25) is 0 Å². The molecule has 3 N–H and O–H groups in total. The van der Waals surface area contributed by atoms with E-state index in [1.165, 1.54) is 0 Å². The monoisotopic (exact) mass is 384 g/mol. The Kier molecular flexibility index (Phi) is 9.50. The molecule has 2 amide bonds. The number of hydrogen-bond acceptors (Lipinski definition) is 3. The van der Waals surface area contributed by atoms with E-state index in [1.54, 1.807) is 0 Å². The SMILES string of the molecule is CCCC(NC(=O)C(O)CC(=O)NC(CC(C)(C)C)C(C)(C)C)C(C)(C)C. The van der Waals surface area contributed by atoms with E-state index in [9.17, 15) is 14.7 Å². The van der Waals surface area contributed by atoms with Crippen molar-refractivity contribution >= 4 is 11.8 Å². The highest BCUT2D eigenvalue weighted by Crippen LogP contribution is 2.30. The molecular weight excluding hydrogens is 340 g/mol. The Labute approximate surface area is 167 Å². The summed E-state index contributed by atoms with van der Waals surface area (Å²) in [6, 6.07) is -0.0569. The third-order valence-corrected chi connectivity index (χ3v) is 4.82. The van der Waals surface area contributed by atoms with Crippen LogP contribution in [0.25, 0.3) is 0 Å². The molecule has 0 aromatic rings. The van der Waals surface area contributed by atoms with E-state index in [0.29, 0.717) is 0 Å². The van der Waals surface area contributed by atoms with Crippen LogP contribution in [0.15, 0.2) is 0 Å². The van der Waals surface area contributed by atoms with Gasteiger partial charge in [-0.3, -0.25) is 9.59 Å². The summed E-state index contributed by atoms with van der Waals surface area (Å²) in [7, 11) is 0. The zero-order chi connectivity index (χ0) is 21.6. The molecule has 3 atom stereocenters. The van der Waals surface area contributed by atoms with Crippen LogP contribution in [0, 0.1) is 16.2 Å². The van der Waals surface area contributed by atoms with Crippen molar-refractivity contribution in [3.63, 3.8) is 0 Å². The normalized spacial score (nSPS) is 16.4. The number of hydrogen-bond donors (Lipinski definition) is 3. The molecule has 5 heteroatoms. The van der Waals surface area contributed by atoms with E-state index in [-0.39, 0.29) is 40.7 Å². The van der Waals surface area contributed by atoms with Crippen molar-refractivity contribution in [2.24, 2.45) is 16.2 Å². The van der Waals surface area contributed by atoms with E-state index in [4.69, 9.17) is 0 Å². The summed E-state index contributed by atoms with van der Waals surface area (Å²) in [5.74, 6) is -0.758. The van der Waals surface area contributed by atoms with Gasteiger partial charge in [-0.2, -0.15) is 0 Å². The van der Waals surface area contributed by atoms with Crippen molar-refractivity contribution in [3.05, 3.63) is 0 Å². The highest BCUT2D eigenvalue weighted by Gasteiger charge is 2.32. The summed E-state index contributed by atoms with van der Waals surface area (Å²) in [6.45, 7) is 20.9. The Morgan fingerprint density at radius 1 is 0.852 bits per heavy atom. The highest BCUT2D eigenvalue weighted by atomic mass is 16.3. The maximum atomic E-state index is 12.5. The predicted octanol–water partition coefficient (Wildman–Crippen LogP) is 4.04. The molecule has 0 heterocycles. The van der Waals surface area contributed by atoms with Gasteiger partial charge in [-0.25, -0.2) is 0 Å². The lowest BCUT2D eigenvalue weighted by Crippen LogP contribution is -2.50. The van der Waals surface area contributed by atoms with Crippen molar-refractivity contribution in [1.29, 1.82) is 0 Å². The average Bonchev–Trinajstić information content (AvgIpc) is 2.42. The molecule has 0 spiro atoms. The van der Waals surface area contributed by atoms with Crippen LogP contribution in [-0.4, -0.2) is 35.1 Å². The fourth-order valence-electron chi connectivity index (χ4n) is 2.99. The maximum absolute atomic E-state index is 12.5. The van der Waals surface area contributed by atoms with Gasteiger partial charge in [-0.15, -0.1) is 0 Å². The van der Waals surface area contributed by atoms with Crippen LogP contribution in [0.4, 0.5) is 0 Å². The topological polar surface area (TPSA) is 78.4 Å². The summed E-state index contributed by atoms with van der Waals surface area (Å²) in [5, 5.41) is 16.2. The van der Waals surface area contributed by atoms with Gasteiger partial charge in [-0.05, 0) is 29.1 Å². The largest absolute Gasteiger partial charge is 0.383 e. The molecular formula is C22H44N2O3. The number of rotatable bonds is 8. The lowest BCUT2D eigenvalue weighted by Gasteiger charge is -2.36. The first-order valence-electron chi connectivity index (χ1n) is 10.2. The fraction of sp³-hybridized carbons (Fsp3) is 0.909. The van der Waals surface area contributed by atoms with Crippen molar-refractivity contribution in [1.82, 2.24) is 10.6 Å². The number of nitrogens with one attached hydrogen (secondary N) is 2. The second-order valence-corrected chi connectivity index (χ2v) is 11.2. The minimum absolute atomic E-state index is 0.0253. The van der Waals surface area contributed by atoms with Crippen LogP contribution in [0.1, 0.15) is 94.9 Å². The highest BCUT2D eigenvalue weighted by molar-refractivity contribution is 5.87. The number of aliphatic hydroxyl groups is 1. The van der Waals surface area contributed by atoms with Crippen LogP contribution in [-0.2, 0) is 9.59 Å². The number of aliphatic hydroxyl groups excluding tert-OH is 1. The molecule has 0 saturated heterocycles. The van der Waals surface area contributed by atoms with Gasteiger partial charge in [-0.1, -0.05) is 75.7 Å². The van der Waals surface area contributed by atoms with E-state index in [1.807, 2.05) is 0 Å². The van der Waals surface area contributed by atoms with Gasteiger partial charge >= 0.3 is 0 Å². The minimum Gasteiger partial charge on any atom is -0.383 e. The fourth-order valence-corrected chi connectivity index (χ4v) is 2.99. The lowest BCUT2D eigenvalue weighted by molar-refractivity contribution is -0.136. The quantitative estimate of drug-likeness (QED) is 0.591. The molecule has 0 bridgehead atoms. The summed E-state index contributed by atoms with van der Waals surface area (Å²) >= 11 is 0. The van der Waals surface area contributed by atoms with Crippen molar-refractivity contribution < 1.29 is 14.7 Å². The van der Waals surface area contributed by atoms with Crippen LogP contribution in [0.3, 0.4) is 0 Å². The number of carbonyl (C=O) groups is 2. The van der Waals surface area contributed by atoms with Gasteiger partial charge in [0.15, 0.2) is 0 Å². The summed E-state index contributed by atoms with van der Waals surface area (Å²) in [5.41, 5.74) is -0.131. The molecule has 0 aromatic carbocycles. The van der Waals surface area contributed by atoms with Crippen molar-refractivity contribution in [2.45, 2.75) is 113 Å². The van der Waals surface area contributed by atoms with E-state index in [0.717, 1.165) is 19.3 Å². The smallest absolute Gasteiger partial charge is 0.249 e. The molecule has 0 aliphatic rings. The summed E-state index contributed by atoms with van der Waals surface area (Å²) in [6.07, 6.45) is 1.06. The van der Waals surface area contributed by atoms with Gasteiger partial charge < -0.3 is 15.7 Å². The molecule has 0 saturated carbocycles. The molecule has 0 aromatic heterocycles. The average molecular weight is 385 g/mol. The standard InChI is InChI=1S/C22H44N2O3/c1-11-12-16(21(5,6)7)24-19(27)15(25)13-18(26)23-17(22(8,9)10)14-20(2,3)4/h15-17,25H,11-14H2,1-10H3,(H,23,26)(H,24,27). The molecule has 27 heavy (non-hydrogen) atoms. The Bertz CT molecular complexity index is 481. The first-order chi connectivity index (χ1) is 12.0. The molecule has 5 nitrogen and oxygen atoms in total. The lowest BCUT2D eigenvalue weighted by atomic mass is 9.77. The van der Waals surface area contributed by atoms with Crippen LogP contribution >= 0.6 is 0 Å². The molecule has 160 valence electrons. The van der Waals surface area contributed by atoms with Crippen LogP contribution in [0.5, 0.6) is 0 Å². The third-order valence-electron chi connectivity index (χ3n) is 4.82. The second-order valence-electron chi connectivity index (χ2n) is 11.2. The number of amides is 2. The number of carbonyl (C=O) groups excluding carboxylic acids is 2. The van der Waals surface area contributed by atoms with Gasteiger partial charge in [0, 0.05) is 12.1 Å². The van der Waals surface area contributed by atoms with Crippen molar-refractivity contribution in [2.75, 3.05) is 0 Å². The maximum Gasteiger partial charge on any atom is 0.249 e. The molecule has 0 aliphatic carbocycles. The Hall–Kier alpha value is -1.10. The molecule has 0 radical (unpaired) electrons. The zero-order valence-corrected chi connectivity index (χ0v) is 19.3. The molecule has 3 unspecified atom stereocenters. The predicted molar refractivity (Wildman–Crippen MR) is 112 cm³/mol. The Balaban J connectivity index is 4.89. The Morgan fingerprint density at radius 3 is 1.70 bits per heavy atom. The minimum atomic E-state index is -1.33. The van der Waals surface area contributed by atoms with Gasteiger partial charge in [0.2, 0.25) is 11.8 Å². The second kappa shape index (κ2) is 9.90. The Morgan fingerprint density at radius 2 is 1.33 bits per heavy atom. The first kappa shape index (κ1) is 25.9. The molecule has 0 fully saturated rings.